The van der Waals surface area contributed by atoms with Crippen molar-refractivity contribution in [2.75, 3.05) is 17.6 Å². The first kappa shape index (κ1) is 18.3. The Morgan fingerprint density at radius 2 is 1.87 bits per heavy atom. The smallest absolute Gasteiger partial charge is 0.257 e. The standard InChI is InChI=1S/C21H17N5O3S/c27-21(14-9-10-19-25-30(28,29)12-11-26(19)13-14)24-16-6-2-1-5-15(16)20-22-17-7-3-4-8-18(17)23-20/h1-10,13H,11-12H2,(H,22,23)(H,24,27). The number of hydrogen-bond donors (Lipinski definition) is 2. The zero-order valence-electron chi connectivity index (χ0n) is 15.7. The van der Waals surface area contributed by atoms with E-state index in [4.69, 9.17) is 0 Å². The molecule has 1 aromatic heterocycles. The molecule has 0 aliphatic carbocycles. The predicted octanol–water partition coefficient (Wildman–Crippen LogP) is 2.67. The minimum atomic E-state index is -3.43. The number of fused-ring (bicyclic) bond motifs is 2. The van der Waals surface area contributed by atoms with Crippen LogP contribution >= 0.6 is 0 Å². The molecule has 2 aliphatic rings. The molecule has 8 nitrogen and oxygen atoms in total. The molecule has 0 saturated carbocycles. The quantitative estimate of drug-likeness (QED) is 0.679. The molecule has 0 saturated heterocycles. The van der Waals surface area contributed by atoms with Gasteiger partial charge in [-0.1, -0.05) is 24.3 Å². The van der Waals surface area contributed by atoms with Gasteiger partial charge in [-0.05, 0) is 36.4 Å². The molecular weight excluding hydrogens is 402 g/mol. The summed E-state index contributed by atoms with van der Waals surface area (Å²) < 4.78 is 27.0. The maximum absolute atomic E-state index is 12.9. The van der Waals surface area contributed by atoms with Crippen LogP contribution in [0.15, 0.2) is 76.9 Å². The number of anilines is 1. The van der Waals surface area contributed by atoms with E-state index in [9.17, 15) is 13.2 Å². The Labute approximate surface area is 172 Å². The van der Waals surface area contributed by atoms with Crippen LogP contribution in [0.2, 0.25) is 0 Å². The number of amidine groups is 1. The Morgan fingerprint density at radius 1 is 1.07 bits per heavy atom. The number of aromatic nitrogens is 2. The maximum atomic E-state index is 12.9. The fraction of sp³-hybridized carbons (Fsp3) is 0.0952. The summed E-state index contributed by atoms with van der Waals surface area (Å²) >= 11 is 0. The zero-order chi connectivity index (χ0) is 20.7. The fourth-order valence-electron chi connectivity index (χ4n) is 3.41. The Morgan fingerprint density at radius 3 is 2.73 bits per heavy atom. The average molecular weight is 419 g/mol. The minimum Gasteiger partial charge on any atom is -0.338 e. The summed E-state index contributed by atoms with van der Waals surface area (Å²) in [6.45, 7) is 0.262. The van der Waals surface area contributed by atoms with E-state index in [1.165, 1.54) is 6.08 Å². The van der Waals surface area contributed by atoms with E-state index in [0.29, 0.717) is 22.9 Å². The van der Waals surface area contributed by atoms with Gasteiger partial charge in [0.2, 0.25) is 0 Å². The number of sulfonamides is 1. The first-order valence-corrected chi connectivity index (χ1v) is 10.9. The van der Waals surface area contributed by atoms with E-state index in [1.54, 1.807) is 17.2 Å². The number of nitrogens with zero attached hydrogens (tertiary/aromatic N) is 3. The Bertz CT molecular complexity index is 1340. The van der Waals surface area contributed by atoms with Crippen molar-refractivity contribution in [2.24, 2.45) is 4.40 Å². The highest BCUT2D eigenvalue weighted by Crippen LogP contribution is 2.28. The maximum Gasteiger partial charge on any atom is 0.257 e. The second-order valence-electron chi connectivity index (χ2n) is 6.95. The van der Waals surface area contributed by atoms with Gasteiger partial charge in [-0.2, -0.15) is 0 Å². The van der Waals surface area contributed by atoms with Crippen LogP contribution in [0.3, 0.4) is 0 Å². The van der Waals surface area contributed by atoms with Gasteiger partial charge in [-0.3, -0.25) is 4.79 Å². The van der Waals surface area contributed by atoms with Crippen LogP contribution in [0.25, 0.3) is 22.4 Å². The first-order valence-electron chi connectivity index (χ1n) is 9.33. The van der Waals surface area contributed by atoms with Crippen LogP contribution in [0.4, 0.5) is 5.69 Å². The molecule has 3 aromatic rings. The van der Waals surface area contributed by atoms with Crippen LogP contribution in [0.5, 0.6) is 0 Å². The highest BCUT2D eigenvalue weighted by molar-refractivity contribution is 7.90. The number of amides is 1. The number of nitrogens with one attached hydrogen (secondary N) is 2. The summed E-state index contributed by atoms with van der Waals surface area (Å²) in [5, 5.41) is 2.93. The number of H-pyrrole nitrogens is 1. The molecule has 9 heteroatoms. The van der Waals surface area contributed by atoms with E-state index in [1.807, 2.05) is 48.5 Å². The van der Waals surface area contributed by atoms with Crippen molar-refractivity contribution in [3.8, 4) is 11.4 Å². The zero-order valence-corrected chi connectivity index (χ0v) is 16.6. The molecular formula is C21H17N5O3S. The lowest BCUT2D eigenvalue weighted by Gasteiger charge is -2.27. The number of para-hydroxylation sites is 3. The van der Waals surface area contributed by atoms with Gasteiger partial charge in [0.05, 0.1) is 28.0 Å². The molecule has 0 atom stereocenters. The van der Waals surface area contributed by atoms with E-state index >= 15 is 0 Å². The van der Waals surface area contributed by atoms with E-state index in [2.05, 4.69) is 19.7 Å². The third kappa shape index (κ3) is 3.39. The normalized spacial score (nSPS) is 17.3. The van der Waals surface area contributed by atoms with Crippen molar-refractivity contribution in [1.29, 1.82) is 0 Å². The third-order valence-electron chi connectivity index (χ3n) is 4.91. The molecule has 0 unspecified atom stereocenters. The van der Waals surface area contributed by atoms with E-state index in [-0.39, 0.29) is 18.2 Å². The van der Waals surface area contributed by atoms with Crippen LogP contribution in [-0.4, -0.2) is 47.3 Å². The van der Waals surface area contributed by atoms with Gasteiger partial charge in [0.15, 0.2) is 0 Å². The molecule has 2 aliphatic heterocycles. The highest BCUT2D eigenvalue weighted by atomic mass is 32.2. The second kappa shape index (κ2) is 6.96. The molecule has 1 amide bonds. The van der Waals surface area contributed by atoms with Gasteiger partial charge in [-0.25, -0.2) is 13.4 Å². The third-order valence-corrected chi connectivity index (χ3v) is 6.07. The highest BCUT2D eigenvalue weighted by Gasteiger charge is 2.25. The summed E-state index contributed by atoms with van der Waals surface area (Å²) in [4.78, 5) is 22.4. The second-order valence-corrected chi connectivity index (χ2v) is 8.70. The number of rotatable bonds is 3. The Hall–Kier alpha value is -3.72. The average Bonchev–Trinajstić information content (AvgIpc) is 3.17. The number of carbonyl (C=O) groups is 1. The van der Waals surface area contributed by atoms with Crippen molar-refractivity contribution < 1.29 is 13.2 Å². The summed E-state index contributed by atoms with van der Waals surface area (Å²) in [5.74, 6) is 0.601. The monoisotopic (exact) mass is 419 g/mol. The summed E-state index contributed by atoms with van der Waals surface area (Å²) in [6, 6.07) is 15.2. The molecule has 2 N–H and O–H groups in total. The van der Waals surface area contributed by atoms with Crippen molar-refractivity contribution >= 4 is 38.5 Å². The molecule has 2 aromatic carbocycles. The largest absolute Gasteiger partial charge is 0.338 e. The van der Waals surface area contributed by atoms with Crippen LogP contribution in [0, 0.1) is 0 Å². The van der Waals surface area contributed by atoms with Gasteiger partial charge >= 0.3 is 0 Å². The van der Waals surface area contributed by atoms with E-state index in [0.717, 1.165) is 16.6 Å². The number of imidazole rings is 1. The van der Waals surface area contributed by atoms with Crippen molar-refractivity contribution in [1.82, 2.24) is 14.9 Å². The van der Waals surface area contributed by atoms with Gasteiger partial charge < -0.3 is 15.2 Å². The molecule has 150 valence electrons. The van der Waals surface area contributed by atoms with Gasteiger partial charge in [0.25, 0.3) is 15.9 Å². The molecule has 0 spiro atoms. The predicted molar refractivity (Wildman–Crippen MR) is 115 cm³/mol. The van der Waals surface area contributed by atoms with Crippen LogP contribution < -0.4 is 5.32 Å². The van der Waals surface area contributed by atoms with Gasteiger partial charge in [-0.15, -0.1) is 4.40 Å². The molecule has 3 heterocycles. The minimum absolute atomic E-state index is 0.0787. The van der Waals surface area contributed by atoms with Gasteiger partial charge in [0.1, 0.15) is 11.7 Å². The number of aromatic amines is 1. The molecule has 0 bridgehead atoms. The Balaban J connectivity index is 1.43. The number of hydrogen-bond acceptors (Lipinski definition) is 5. The molecule has 30 heavy (non-hydrogen) atoms. The lowest BCUT2D eigenvalue weighted by Crippen LogP contribution is -2.37. The summed E-state index contributed by atoms with van der Waals surface area (Å²) in [7, 11) is -3.43. The fourth-order valence-corrected chi connectivity index (χ4v) is 4.38. The van der Waals surface area contributed by atoms with Crippen LogP contribution in [-0.2, 0) is 14.8 Å². The number of carbonyl (C=O) groups excluding carboxylic acids is 1. The van der Waals surface area contributed by atoms with Crippen molar-refractivity contribution in [3.05, 3.63) is 72.5 Å². The van der Waals surface area contributed by atoms with E-state index < -0.39 is 10.0 Å². The topological polar surface area (TPSA) is 108 Å². The lowest BCUT2D eigenvalue weighted by molar-refractivity contribution is -0.112. The Kier molecular flexibility index (Phi) is 4.25. The molecule has 5 rings (SSSR count). The SMILES string of the molecule is O=C(Nc1ccccc1-c1nc2ccccc2[nH]1)C1=CN2CCS(=O)(=O)N=C2C=C1. The molecule has 0 fully saturated rings. The number of benzene rings is 2. The van der Waals surface area contributed by atoms with Gasteiger partial charge in [0, 0.05) is 18.3 Å². The first-order chi connectivity index (χ1) is 14.5. The van der Waals surface area contributed by atoms with Crippen molar-refractivity contribution in [2.45, 2.75) is 0 Å². The van der Waals surface area contributed by atoms with Crippen LogP contribution in [0.1, 0.15) is 0 Å². The summed E-state index contributed by atoms with van der Waals surface area (Å²) in [6.07, 6.45) is 4.72. The van der Waals surface area contributed by atoms with Crippen molar-refractivity contribution in [3.63, 3.8) is 0 Å². The summed E-state index contributed by atoms with van der Waals surface area (Å²) in [5.41, 5.74) is 3.56. The lowest BCUT2D eigenvalue weighted by atomic mass is 10.1. The molecule has 0 radical (unpaired) electrons.